The van der Waals surface area contributed by atoms with E-state index >= 15 is 0 Å². The van der Waals surface area contributed by atoms with Gasteiger partial charge in [0.2, 0.25) is 0 Å². The number of thiophene rings is 1. The molecule has 0 fully saturated rings. The standard InChI is InChI=1S/C17H16ClNO3S2/c1-4-21-16(20)15-14(22-12-7-5-11(18)6-8-12)13(9-19)17(24-15)23-10(2)3/h5-8,10H,4H2,1-3H3. The number of hydrogen-bond donors (Lipinski definition) is 0. The lowest BCUT2D eigenvalue weighted by Crippen LogP contribution is -2.04. The van der Waals surface area contributed by atoms with Crippen molar-refractivity contribution < 1.29 is 14.3 Å². The van der Waals surface area contributed by atoms with E-state index in [4.69, 9.17) is 21.1 Å². The van der Waals surface area contributed by atoms with E-state index in [1.54, 1.807) is 31.2 Å². The van der Waals surface area contributed by atoms with E-state index in [0.29, 0.717) is 21.2 Å². The van der Waals surface area contributed by atoms with Gasteiger partial charge in [-0.05, 0) is 31.2 Å². The predicted octanol–water partition coefficient (Wildman–Crippen LogP) is 5.74. The van der Waals surface area contributed by atoms with E-state index in [0.717, 1.165) is 4.21 Å². The summed E-state index contributed by atoms with van der Waals surface area (Å²) < 4.78 is 11.7. The lowest BCUT2D eigenvalue weighted by Gasteiger charge is -2.07. The first-order chi connectivity index (χ1) is 11.5. The Morgan fingerprint density at radius 3 is 2.58 bits per heavy atom. The zero-order valence-corrected chi connectivity index (χ0v) is 15.8. The zero-order chi connectivity index (χ0) is 17.7. The second-order valence-electron chi connectivity index (χ2n) is 4.98. The Kier molecular flexibility index (Phi) is 6.55. The molecule has 0 atom stereocenters. The fourth-order valence-corrected chi connectivity index (χ4v) is 4.47. The van der Waals surface area contributed by atoms with Crippen molar-refractivity contribution in [1.82, 2.24) is 0 Å². The Morgan fingerprint density at radius 1 is 1.38 bits per heavy atom. The molecule has 0 amide bonds. The molecule has 0 bridgehead atoms. The number of ether oxygens (including phenoxy) is 2. The molecule has 0 unspecified atom stereocenters. The van der Waals surface area contributed by atoms with Crippen LogP contribution < -0.4 is 4.74 Å². The second-order valence-corrected chi connectivity index (χ2v) is 8.28. The van der Waals surface area contributed by atoms with Crippen molar-refractivity contribution in [2.45, 2.75) is 30.2 Å². The summed E-state index contributed by atoms with van der Waals surface area (Å²) in [6.07, 6.45) is 0. The number of rotatable bonds is 6. The average molecular weight is 382 g/mol. The van der Waals surface area contributed by atoms with Gasteiger partial charge >= 0.3 is 5.97 Å². The van der Waals surface area contributed by atoms with Gasteiger partial charge in [-0.3, -0.25) is 0 Å². The van der Waals surface area contributed by atoms with Crippen molar-refractivity contribution in [1.29, 1.82) is 5.26 Å². The van der Waals surface area contributed by atoms with Crippen molar-refractivity contribution >= 4 is 40.7 Å². The second kappa shape index (κ2) is 8.43. The molecule has 2 aromatic rings. The Bertz CT molecular complexity index is 763. The number of benzene rings is 1. The molecule has 0 aliphatic rings. The third-order valence-corrected chi connectivity index (χ3v) is 5.41. The van der Waals surface area contributed by atoms with Crippen molar-refractivity contribution in [3.8, 4) is 17.6 Å². The van der Waals surface area contributed by atoms with Gasteiger partial charge in [0.1, 0.15) is 17.4 Å². The highest BCUT2D eigenvalue weighted by Crippen LogP contribution is 2.44. The van der Waals surface area contributed by atoms with E-state index in [-0.39, 0.29) is 17.6 Å². The third kappa shape index (κ3) is 4.44. The number of hydrogen-bond acceptors (Lipinski definition) is 6. The van der Waals surface area contributed by atoms with Crippen molar-refractivity contribution in [3.63, 3.8) is 0 Å². The van der Waals surface area contributed by atoms with Crippen LogP contribution in [0, 0.1) is 11.3 Å². The molecular formula is C17H16ClNO3S2. The number of halogens is 1. The van der Waals surface area contributed by atoms with Gasteiger partial charge in [-0.25, -0.2) is 4.79 Å². The number of thioether (sulfide) groups is 1. The van der Waals surface area contributed by atoms with Crippen LogP contribution in [0.2, 0.25) is 5.02 Å². The van der Waals surface area contributed by atoms with Crippen LogP contribution in [0.1, 0.15) is 36.0 Å². The first-order valence-electron chi connectivity index (χ1n) is 7.30. The van der Waals surface area contributed by atoms with Gasteiger partial charge in [0.15, 0.2) is 10.6 Å². The van der Waals surface area contributed by atoms with Gasteiger partial charge in [0.25, 0.3) is 0 Å². The van der Waals surface area contributed by atoms with Crippen molar-refractivity contribution in [2.75, 3.05) is 6.61 Å². The van der Waals surface area contributed by atoms with Gasteiger partial charge in [-0.1, -0.05) is 25.4 Å². The summed E-state index contributed by atoms with van der Waals surface area (Å²) in [6, 6.07) is 8.89. The van der Waals surface area contributed by atoms with Gasteiger partial charge in [-0.2, -0.15) is 5.26 Å². The molecule has 0 radical (unpaired) electrons. The maximum Gasteiger partial charge on any atom is 0.352 e. The highest BCUT2D eigenvalue weighted by atomic mass is 35.5. The van der Waals surface area contributed by atoms with Crippen LogP contribution in [-0.4, -0.2) is 17.8 Å². The fraction of sp³-hybridized carbons (Fsp3) is 0.294. The normalized spacial score (nSPS) is 10.5. The molecule has 1 heterocycles. The molecule has 0 saturated carbocycles. The quantitative estimate of drug-likeness (QED) is 0.471. The Labute approximate surface area is 154 Å². The van der Waals surface area contributed by atoms with Crippen LogP contribution in [0.3, 0.4) is 0 Å². The summed E-state index contributed by atoms with van der Waals surface area (Å²) >= 11 is 8.62. The number of nitrogens with zero attached hydrogens (tertiary/aromatic N) is 1. The number of nitriles is 1. The monoisotopic (exact) mass is 381 g/mol. The summed E-state index contributed by atoms with van der Waals surface area (Å²) in [5.74, 6) is 0.255. The van der Waals surface area contributed by atoms with Crippen LogP contribution >= 0.6 is 34.7 Å². The van der Waals surface area contributed by atoms with Crippen LogP contribution in [0.25, 0.3) is 0 Å². The highest BCUT2D eigenvalue weighted by Gasteiger charge is 2.26. The van der Waals surface area contributed by atoms with Crippen LogP contribution in [0.15, 0.2) is 28.5 Å². The maximum atomic E-state index is 12.2. The summed E-state index contributed by atoms with van der Waals surface area (Å²) in [6.45, 7) is 6.04. The minimum absolute atomic E-state index is 0.242. The van der Waals surface area contributed by atoms with Gasteiger partial charge in [0.05, 0.1) is 10.8 Å². The Balaban J connectivity index is 2.48. The fourth-order valence-electron chi connectivity index (χ4n) is 1.84. The molecule has 0 spiro atoms. The maximum absolute atomic E-state index is 12.2. The van der Waals surface area contributed by atoms with Gasteiger partial charge in [0, 0.05) is 10.3 Å². The number of carbonyl (C=O) groups is 1. The lowest BCUT2D eigenvalue weighted by molar-refractivity contribution is 0.0529. The van der Waals surface area contributed by atoms with Crippen LogP contribution in [0.4, 0.5) is 0 Å². The minimum atomic E-state index is -0.487. The van der Waals surface area contributed by atoms with Gasteiger partial charge in [-0.15, -0.1) is 23.1 Å². The molecule has 126 valence electrons. The smallest absolute Gasteiger partial charge is 0.352 e. The molecule has 24 heavy (non-hydrogen) atoms. The van der Waals surface area contributed by atoms with Crippen LogP contribution in [0.5, 0.6) is 11.5 Å². The molecule has 2 rings (SSSR count). The first kappa shape index (κ1) is 18.7. The number of esters is 1. The summed E-state index contributed by atoms with van der Waals surface area (Å²) in [5, 5.41) is 10.4. The van der Waals surface area contributed by atoms with Crippen molar-refractivity contribution in [2.24, 2.45) is 0 Å². The largest absolute Gasteiger partial charge is 0.462 e. The van der Waals surface area contributed by atoms with Gasteiger partial charge < -0.3 is 9.47 Å². The Hall–Kier alpha value is -1.68. The Morgan fingerprint density at radius 2 is 2.04 bits per heavy atom. The first-order valence-corrected chi connectivity index (χ1v) is 9.37. The molecular weight excluding hydrogens is 366 g/mol. The zero-order valence-electron chi connectivity index (χ0n) is 13.5. The third-order valence-electron chi connectivity index (χ3n) is 2.78. The van der Waals surface area contributed by atoms with E-state index < -0.39 is 5.97 Å². The predicted molar refractivity (Wildman–Crippen MR) is 97.5 cm³/mol. The summed E-state index contributed by atoms with van der Waals surface area (Å²) in [5.41, 5.74) is 0.358. The van der Waals surface area contributed by atoms with Crippen molar-refractivity contribution in [3.05, 3.63) is 39.7 Å². The molecule has 1 aromatic heterocycles. The van der Waals surface area contributed by atoms with E-state index in [1.165, 1.54) is 23.1 Å². The molecule has 0 N–H and O–H groups in total. The minimum Gasteiger partial charge on any atom is -0.462 e. The average Bonchev–Trinajstić information content (AvgIpc) is 2.86. The molecule has 0 saturated heterocycles. The number of carbonyl (C=O) groups excluding carboxylic acids is 1. The molecule has 4 nitrogen and oxygen atoms in total. The van der Waals surface area contributed by atoms with E-state index in [9.17, 15) is 10.1 Å². The van der Waals surface area contributed by atoms with E-state index in [1.807, 2.05) is 13.8 Å². The summed E-state index contributed by atoms with van der Waals surface area (Å²) in [7, 11) is 0. The highest BCUT2D eigenvalue weighted by molar-refractivity contribution is 8.01. The molecule has 1 aromatic carbocycles. The molecule has 7 heteroatoms. The van der Waals surface area contributed by atoms with E-state index in [2.05, 4.69) is 6.07 Å². The lowest BCUT2D eigenvalue weighted by atomic mass is 10.3. The summed E-state index contributed by atoms with van der Waals surface area (Å²) in [4.78, 5) is 12.5. The van der Waals surface area contributed by atoms with Crippen LogP contribution in [-0.2, 0) is 4.74 Å². The molecule has 0 aliphatic heterocycles. The SMILES string of the molecule is CCOC(=O)c1sc(SC(C)C)c(C#N)c1Oc1ccc(Cl)cc1. The molecule has 0 aliphatic carbocycles. The topological polar surface area (TPSA) is 59.3 Å².